The van der Waals surface area contributed by atoms with Gasteiger partial charge in [-0.15, -0.1) is 0 Å². The highest BCUT2D eigenvalue weighted by molar-refractivity contribution is 5.71. The molecule has 60 heavy (non-hydrogen) atoms. The van der Waals surface area contributed by atoms with Crippen LogP contribution in [0.4, 0.5) is 0 Å². The van der Waals surface area contributed by atoms with Crippen molar-refractivity contribution in [3.05, 3.63) is 0 Å². The van der Waals surface area contributed by atoms with Gasteiger partial charge in [0.2, 0.25) is 0 Å². The number of esters is 3. The van der Waals surface area contributed by atoms with E-state index in [0.717, 1.165) is 63.7 Å². The minimum Gasteiger partial charge on any atom is -0.462 e. The summed E-state index contributed by atoms with van der Waals surface area (Å²) in [7, 11) is 0. The summed E-state index contributed by atoms with van der Waals surface area (Å²) in [5.41, 5.74) is 0. The predicted molar refractivity (Wildman–Crippen MR) is 257 cm³/mol. The molecule has 0 aliphatic carbocycles. The second-order valence-electron chi connectivity index (χ2n) is 19.0. The molecule has 0 amide bonds. The highest BCUT2D eigenvalue weighted by Gasteiger charge is 2.19. The molecule has 0 bridgehead atoms. The van der Waals surface area contributed by atoms with E-state index in [-0.39, 0.29) is 31.1 Å². The van der Waals surface area contributed by atoms with Gasteiger partial charge >= 0.3 is 17.9 Å². The van der Waals surface area contributed by atoms with E-state index in [1.165, 1.54) is 199 Å². The molecule has 0 aromatic heterocycles. The van der Waals surface area contributed by atoms with Crippen molar-refractivity contribution in [3.63, 3.8) is 0 Å². The van der Waals surface area contributed by atoms with Crippen molar-refractivity contribution in [3.8, 4) is 0 Å². The summed E-state index contributed by atoms with van der Waals surface area (Å²) < 4.78 is 16.8. The van der Waals surface area contributed by atoms with Crippen LogP contribution in [-0.4, -0.2) is 37.2 Å². The van der Waals surface area contributed by atoms with Crippen LogP contribution in [0.1, 0.15) is 304 Å². The molecule has 0 N–H and O–H groups in total. The fourth-order valence-electron chi connectivity index (χ4n) is 8.22. The van der Waals surface area contributed by atoms with Crippen molar-refractivity contribution in [2.75, 3.05) is 13.2 Å². The minimum absolute atomic E-state index is 0.0625. The molecule has 0 rings (SSSR count). The molecule has 0 unspecified atom stereocenters. The van der Waals surface area contributed by atoms with Gasteiger partial charge < -0.3 is 14.2 Å². The molecule has 0 heterocycles. The van der Waals surface area contributed by atoms with E-state index in [1.54, 1.807) is 0 Å². The van der Waals surface area contributed by atoms with Gasteiger partial charge in [0.05, 0.1) is 0 Å². The molecule has 0 aromatic rings. The lowest BCUT2D eigenvalue weighted by molar-refractivity contribution is -0.167. The van der Waals surface area contributed by atoms with Crippen LogP contribution < -0.4 is 0 Å². The van der Waals surface area contributed by atoms with E-state index >= 15 is 0 Å². The summed E-state index contributed by atoms with van der Waals surface area (Å²) in [5.74, 6) is -0.0167. The zero-order valence-corrected chi connectivity index (χ0v) is 40.9. The maximum Gasteiger partial charge on any atom is 0.306 e. The summed E-state index contributed by atoms with van der Waals surface area (Å²) in [6.07, 6.45) is 50.8. The number of hydrogen-bond acceptors (Lipinski definition) is 6. The molecule has 1 atom stereocenters. The van der Waals surface area contributed by atoms with Crippen LogP contribution in [0.15, 0.2) is 0 Å². The molecule has 6 heteroatoms. The third-order valence-corrected chi connectivity index (χ3v) is 12.3. The standard InChI is InChI=1S/C54H104O6/c1-5-7-9-11-13-15-17-19-20-21-22-26-30-34-38-42-46-53(56)59-49-51(48-58-52(55)45-41-37-33-29-25-18-16-14-12-10-8-6-2)60-54(57)47-43-39-35-31-27-23-24-28-32-36-40-44-50(3)4/h50-51H,5-49H2,1-4H3/t51-/m1/s1. The Morgan fingerprint density at radius 2 is 0.550 bits per heavy atom. The van der Waals surface area contributed by atoms with E-state index in [4.69, 9.17) is 14.2 Å². The van der Waals surface area contributed by atoms with Crippen molar-refractivity contribution >= 4 is 17.9 Å². The number of carbonyl (C=O) groups excluding carboxylic acids is 3. The zero-order valence-electron chi connectivity index (χ0n) is 40.9. The van der Waals surface area contributed by atoms with Crippen molar-refractivity contribution < 1.29 is 28.6 Å². The summed E-state index contributed by atoms with van der Waals surface area (Å²) in [6.45, 7) is 9.03. The topological polar surface area (TPSA) is 78.9 Å². The fraction of sp³-hybridized carbons (Fsp3) is 0.944. The molecule has 356 valence electrons. The Balaban J connectivity index is 4.29. The van der Waals surface area contributed by atoms with Crippen molar-refractivity contribution in [2.45, 2.75) is 310 Å². The first-order valence-corrected chi connectivity index (χ1v) is 26.9. The van der Waals surface area contributed by atoms with Gasteiger partial charge in [-0.2, -0.15) is 0 Å². The predicted octanol–water partition coefficient (Wildman–Crippen LogP) is 17.5. The van der Waals surface area contributed by atoms with E-state index < -0.39 is 6.10 Å². The quantitative estimate of drug-likeness (QED) is 0.0345. The van der Waals surface area contributed by atoms with Gasteiger partial charge in [-0.3, -0.25) is 14.4 Å². The number of unbranched alkanes of at least 4 members (excludes halogenated alkanes) is 36. The number of ether oxygens (including phenoxy) is 3. The van der Waals surface area contributed by atoms with Crippen LogP contribution in [0, 0.1) is 5.92 Å². The zero-order chi connectivity index (χ0) is 43.8. The van der Waals surface area contributed by atoms with Crippen molar-refractivity contribution in [1.82, 2.24) is 0 Å². The molecule has 0 fully saturated rings. The van der Waals surface area contributed by atoms with Gasteiger partial charge in [-0.1, -0.05) is 265 Å². The lowest BCUT2D eigenvalue weighted by Gasteiger charge is -2.18. The first-order valence-electron chi connectivity index (χ1n) is 26.9. The highest BCUT2D eigenvalue weighted by Crippen LogP contribution is 2.17. The lowest BCUT2D eigenvalue weighted by Crippen LogP contribution is -2.30. The van der Waals surface area contributed by atoms with Crippen LogP contribution in [0.3, 0.4) is 0 Å². The van der Waals surface area contributed by atoms with E-state index in [9.17, 15) is 14.4 Å². The van der Waals surface area contributed by atoms with Gasteiger partial charge in [0.15, 0.2) is 6.10 Å². The largest absolute Gasteiger partial charge is 0.462 e. The summed E-state index contributed by atoms with van der Waals surface area (Å²) in [5, 5.41) is 0. The Morgan fingerprint density at radius 1 is 0.317 bits per heavy atom. The van der Waals surface area contributed by atoms with Gasteiger partial charge in [-0.25, -0.2) is 0 Å². The second kappa shape index (κ2) is 48.4. The second-order valence-corrected chi connectivity index (χ2v) is 19.0. The Hall–Kier alpha value is -1.59. The summed E-state index contributed by atoms with van der Waals surface area (Å²) in [4.78, 5) is 38.0. The van der Waals surface area contributed by atoms with Crippen molar-refractivity contribution in [2.24, 2.45) is 5.92 Å². The number of carbonyl (C=O) groups is 3. The Labute approximate surface area is 374 Å². The maximum atomic E-state index is 12.8. The summed E-state index contributed by atoms with van der Waals surface area (Å²) >= 11 is 0. The van der Waals surface area contributed by atoms with Crippen molar-refractivity contribution in [1.29, 1.82) is 0 Å². The average Bonchev–Trinajstić information content (AvgIpc) is 3.23. The monoisotopic (exact) mass is 849 g/mol. The molecule has 0 aliphatic rings. The first-order chi connectivity index (χ1) is 29.4. The van der Waals surface area contributed by atoms with Crippen LogP contribution >= 0.6 is 0 Å². The smallest absolute Gasteiger partial charge is 0.306 e. The minimum atomic E-state index is -0.761. The van der Waals surface area contributed by atoms with E-state index in [1.807, 2.05) is 0 Å². The molecule has 0 saturated carbocycles. The fourth-order valence-corrected chi connectivity index (χ4v) is 8.22. The lowest BCUT2D eigenvalue weighted by atomic mass is 10.0. The van der Waals surface area contributed by atoms with Gasteiger partial charge in [0.1, 0.15) is 13.2 Å². The molecule has 6 nitrogen and oxygen atoms in total. The first kappa shape index (κ1) is 58.4. The van der Waals surface area contributed by atoms with Crippen LogP contribution in [0.5, 0.6) is 0 Å². The average molecular weight is 849 g/mol. The molecular formula is C54H104O6. The number of rotatable bonds is 49. The SMILES string of the molecule is CCCCCCCCCCCCCCCCCCC(=O)OC[C@@H](COC(=O)CCCCCCCCCCCCCC)OC(=O)CCCCCCCCCCCCCC(C)C. The Morgan fingerprint density at radius 3 is 0.817 bits per heavy atom. The number of hydrogen-bond donors (Lipinski definition) is 0. The van der Waals surface area contributed by atoms with Crippen LogP contribution in [0.2, 0.25) is 0 Å². The molecule has 0 radical (unpaired) electrons. The third kappa shape index (κ3) is 47.5. The summed E-state index contributed by atoms with van der Waals surface area (Å²) in [6, 6.07) is 0. The normalized spacial score (nSPS) is 11.9. The highest BCUT2D eigenvalue weighted by atomic mass is 16.6. The van der Waals surface area contributed by atoms with Crippen LogP contribution in [0.25, 0.3) is 0 Å². The van der Waals surface area contributed by atoms with E-state index in [0.29, 0.717) is 19.3 Å². The maximum absolute atomic E-state index is 12.8. The van der Waals surface area contributed by atoms with Crippen LogP contribution in [-0.2, 0) is 28.6 Å². The molecule has 0 saturated heterocycles. The molecule has 0 aromatic carbocycles. The van der Waals surface area contributed by atoms with Gasteiger partial charge in [0, 0.05) is 19.3 Å². The molecule has 0 aliphatic heterocycles. The van der Waals surface area contributed by atoms with E-state index in [2.05, 4.69) is 27.7 Å². The van der Waals surface area contributed by atoms with Gasteiger partial charge in [0.25, 0.3) is 0 Å². The third-order valence-electron chi connectivity index (χ3n) is 12.3. The molecule has 0 spiro atoms. The van der Waals surface area contributed by atoms with Gasteiger partial charge in [-0.05, 0) is 25.2 Å². The Kier molecular flexibility index (Phi) is 47.2. The molecular weight excluding hydrogens is 745 g/mol. The Bertz CT molecular complexity index is 903.